The first-order valence-electron chi connectivity index (χ1n) is 4.58. The van der Waals surface area contributed by atoms with Crippen molar-refractivity contribution < 1.29 is 4.74 Å². The van der Waals surface area contributed by atoms with Crippen LogP contribution < -0.4 is 4.74 Å². The van der Waals surface area contributed by atoms with Gasteiger partial charge in [0.1, 0.15) is 11.4 Å². The molecular formula is C11H14Cl2O. The number of benzene rings is 1. The zero-order valence-electron chi connectivity index (χ0n) is 8.60. The quantitative estimate of drug-likeness (QED) is 0.743. The van der Waals surface area contributed by atoms with Crippen molar-refractivity contribution in [2.45, 2.75) is 32.8 Å². The van der Waals surface area contributed by atoms with Gasteiger partial charge in [0, 0.05) is 6.07 Å². The van der Waals surface area contributed by atoms with E-state index in [0.29, 0.717) is 10.0 Å². The Bertz CT molecular complexity index is 321. The summed E-state index contributed by atoms with van der Waals surface area (Å²) in [5.74, 6) is 0.756. The molecule has 0 bridgehead atoms. The minimum atomic E-state index is -0.169. The second-order valence-electron chi connectivity index (χ2n) is 3.79. The van der Waals surface area contributed by atoms with Gasteiger partial charge in [-0.2, -0.15) is 0 Å². The number of hydrogen-bond donors (Lipinski definition) is 0. The molecule has 0 aliphatic carbocycles. The molecule has 0 atom stereocenters. The van der Waals surface area contributed by atoms with Crippen LogP contribution >= 0.6 is 23.2 Å². The van der Waals surface area contributed by atoms with Crippen LogP contribution in [-0.4, -0.2) is 5.60 Å². The molecule has 1 aromatic rings. The molecule has 1 nitrogen and oxygen atoms in total. The van der Waals surface area contributed by atoms with Crippen molar-refractivity contribution in [3.63, 3.8) is 0 Å². The van der Waals surface area contributed by atoms with Gasteiger partial charge in [-0.3, -0.25) is 0 Å². The highest BCUT2D eigenvalue weighted by Crippen LogP contribution is 2.28. The molecule has 0 saturated carbocycles. The molecule has 0 aliphatic heterocycles. The van der Waals surface area contributed by atoms with Crippen LogP contribution in [-0.2, 0) is 0 Å². The van der Waals surface area contributed by atoms with Gasteiger partial charge in [-0.15, -0.1) is 0 Å². The molecule has 0 heterocycles. The highest BCUT2D eigenvalue weighted by atomic mass is 35.5. The van der Waals surface area contributed by atoms with Crippen molar-refractivity contribution >= 4 is 23.2 Å². The number of hydrogen-bond acceptors (Lipinski definition) is 1. The normalized spacial score (nSPS) is 11.5. The van der Waals surface area contributed by atoms with Gasteiger partial charge in [-0.1, -0.05) is 30.1 Å². The number of ether oxygens (including phenoxy) is 1. The third-order valence-electron chi connectivity index (χ3n) is 2.14. The largest absolute Gasteiger partial charge is 0.488 e. The molecule has 78 valence electrons. The summed E-state index contributed by atoms with van der Waals surface area (Å²) < 4.78 is 5.74. The standard InChI is InChI=1S/C11H14Cl2O/c1-4-11(2,3)14-8-5-6-9(12)10(13)7-8/h5-7H,4H2,1-3H3. The van der Waals surface area contributed by atoms with E-state index in [2.05, 4.69) is 6.92 Å². The summed E-state index contributed by atoms with van der Waals surface area (Å²) in [5.41, 5.74) is -0.169. The van der Waals surface area contributed by atoms with Crippen LogP contribution in [0.5, 0.6) is 5.75 Å². The molecule has 0 aromatic heterocycles. The average Bonchev–Trinajstić information content (AvgIpc) is 2.11. The number of halogens is 2. The van der Waals surface area contributed by atoms with Gasteiger partial charge < -0.3 is 4.74 Å². The van der Waals surface area contributed by atoms with Gasteiger partial charge in [0.2, 0.25) is 0 Å². The van der Waals surface area contributed by atoms with E-state index in [1.54, 1.807) is 12.1 Å². The predicted molar refractivity (Wildman–Crippen MR) is 61.5 cm³/mol. The maximum atomic E-state index is 5.87. The molecule has 1 rings (SSSR count). The summed E-state index contributed by atoms with van der Waals surface area (Å²) in [4.78, 5) is 0. The molecule has 3 heteroatoms. The summed E-state index contributed by atoms with van der Waals surface area (Å²) >= 11 is 11.7. The molecule has 0 saturated heterocycles. The third-order valence-corrected chi connectivity index (χ3v) is 2.88. The van der Waals surface area contributed by atoms with Gasteiger partial charge in [0.05, 0.1) is 10.0 Å². The summed E-state index contributed by atoms with van der Waals surface area (Å²) in [6.45, 7) is 6.16. The Morgan fingerprint density at radius 2 is 1.86 bits per heavy atom. The molecule has 0 aliphatic rings. The van der Waals surface area contributed by atoms with Crippen LogP contribution in [0.4, 0.5) is 0 Å². The lowest BCUT2D eigenvalue weighted by Gasteiger charge is -2.24. The topological polar surface area (TPSA) is 9.23 Å². The molecule has 0 spiro atoms. The fourth-order valence-electron chi connectivity index (χ4n) is 0.932. The molecule has 0 N–H and O–H groups in total. The predicted octanol–water partition coefficient (Wildman–Crippen LogP) is 4.56. The van der Waals surface area contributed by atoms with E-state index in [1.807, 2.05) is 19.9 Å². The van der Waals surface area contributed by atoms with Gasteiger partial charge >= 0.3 is 0 Å². The van der Waals surface area contributed by atoms with E-state index in [0.717, 1.165) is 12.2 Å². The summed E-state index contributed by atoms with van der Waals surface area (Å²) in [6, 6.07) is 5.30. The zero-order valence-corrected chi connectivity index (χ0v) is 10.1. The average molecular weight is 233 g/mol. The van der Waals surface area contributed by atoms with Crippen molar-refractivity contribution in [1.82, 2.24) is 0 Å². The molecule has 0 unspecified atom stereocenters. The Kier molecular flexibility index (Phi) is 3.68. The van der Waals surface area contributed by atoms with E-state index >= 15 is 0 Å². The zero-order chi connectivity index (χ0) is 10.8. The lowest BCUT2D eigenvalue weighted by molar-refractivity contribution is 0.105. The Morgan fingerprint density at radius 3 is 2.36 bits per heavy atom. The number of rotatable bonds is 3. The smallest absolute Gasteiger partial charge is 0.121 e. The fraction of sp³-hybridized carbons (Fsp3) is 0.455. The van der Waals surface area contributed by atoms with Crippen molar-refractivity contribution in [3.8, 4) is 5.75 Å². The molecule has 0 radical (unpaired) electrons. The van der Waals surface area contributed by atoms with Gasteiger partial charge in [0.15, 0.2) is 0 Å². The molecule has 0 amide bonds. The maximum absolute atomic E-state index is 5.87. The first kappa shape index (κ1) is 11.7. The monoisotopic (exact) mass is 232 g/mol. The van der Waals surface area contributed by atoms with E-state index < -0.39 is 0 Å². The Balaban J connectivity index is 2.83. The molecule has 1 aromatic carbocycles. The summed E-state index contributed by atoms with van der Waals surface area (Å²) in [7, 11) is 0. The lowest BCUT2D eigenvalue weighted by Crippen LogP contribution is -2.26. The van der Waals surface area contributed by atoms with Crippen molar-refractivity contribution in [1.29, 1.82) is 0 Å². The van der Waals surface area contributed by atoms with Crippen molar-refractivity contribution in [2.24, 2.45) is 0 Å². The minimum absolute atomic E-state index is 0.169. The molecule has 0 fully saturated rings. The Hall–Kier alpha value is -0.400. The van der Waals surface area contributed by atoms with Crippen LogP contribution in [0.1, 0.15) is 27.2 Å². The maximum Gasteiger partial charge on any atom is 0.121 e. The molecule has 14 heavy (non-hydrogen) atoms. The van der Waals surface area contributed by atoms with E-state index in [9.17, 15) is 0 Å². The van der Waals surface area contributed by atoms with Crippen LogP contribution in [0.3, 0.4) is 0 Å². The van der Waals surface area contributed by atoms with Crippen LogP contribution in [0.2, 0.25) is 10.0 Å². The van der Waals surface area contributed by atoms with Gasteiger partial charge in [0.25, 0.3) is 0 Å². The Labute approximate surface area is 95.0 Å². The molecular weight excluding hydrogens is 219 g/mol. The minimum Gasteiger partial charge on any atom is -0.488 e. The lowest BCUT2D eigenvalue weighted by atomic mass is 10.1. The Morgan fingerprint density at radius 1 is 1.21 bits per heavy atom. The second-order valence-corrected chi connectivity index (χ2v) is 4.61. The van der Waals surface area contributed by atoms with Gasteiger partial charge in [-0.25, -0.2) is 0 Å². The highest BCUT2D eigenvalue weighted by molar-refractivity contribution is 6.42. The van der Waals surface area contributed by atoms with Crippen LogP contribution in [0.15, 0.2) is 18.2 Å². The fourth-order valence-corrected chi connectivity index (χ4v) is 1.22. The third kappa shape index (κ3) is 3.07. The first-order valence-corrected chi connectivity index (χ1v) is 5.34. The summed E-state index contributed by atoms with van der Waals surface area (Å²) in [6.07, 6.45) is 0.938. The van der Waals surface area contributed by atoms with Gasteiger partial charge in [-0.05, 0) is 32.4 Å². The van der Waals surface area contributed by atoms with Crippen molar-refractivity contribution in [2.75, 3.05) is 0 Å². The van der Waals surface area contributed by atoms with E-state index in [4.69, 9.17) is 27.9 Å². The first-order chi connectivity index (χ1) is 6.44. The second kappa shape index (κ2) is 4.41. The van der Waals surface area contributed by atoms with E-state index in [1.165, 1.54) is 0 Å². The van der Waals surface area contributed by atoms with Crippen molar-refractivity contribution in [3.05, 3.63) is 28.2 Å². The van der Waals surface area contributed by atoms with E-state index in [-0.39, 0.29) is 5.60 Å². The summed E-state index contributed by atoms with van der Waals surface area (Å²) in [5, 5.41) is 1.07. The van der Waals surface area contributed by atoms with Crippen LogP contribution in [0, 0.1) is 0 Å². The van der Waals surface area contributed by atoms with Crippen LogP contribution in [0.25, 0.3) is 0 Å². The highest BCUT2D eigenvalue weighted by Gasteiger charge is 2.16. The SMILES string of the molecule is CCC(C)(C)Oc1ccc(Cl)c(Cl)c1.